The Hall–Kier alpha value is -0.610. The lowest BCUT2D eigenvalue weighted by molar-refractivity contribution is -0.151. The van der Waals surface area contributed by atoms with Crippen LogP contribution >= 0.6 is 0 Å². The van der Waals surface area contributed by atoms with Crippen LogP contribution in [0.15, 0.2) is 0 Å². The van der Waals surface area contributed by atoms with Gasteiger partial charge >= 0.3 is 5.97 Å². The van der Waals surface area contributed by atoms with E-state index in [0.717, 1.165) is 26.1 Å². The highest BCUT2D eigenvalue weighted by Gasteiger charge is 2.46. The highest BCUT2D eigenvalue weighted by Crippen LogP contribution is 2.37. The van der Waals surface area contributed by atoms with Crippen molar-refractivity contribution in [3.63, 3.8) is 0 Å². The maximum Gasteiger partial charge on any atom is 0.311 e. The van der Waals surface area contributed by atoms with Crippen molar-refractivity contribution in [2.45, 2.75) is 20.3 Å². The molecule has 0 aromatic carbocycles. The van der Waals surface area contributed by atoms with Gasteiger partial charge in [-0.2, -0.15) is 0 Å². The number of aliphatic carboxylic acids is 1. The minimum atomic E-state index is -0.630. The predicted octanol–water partition coefficient (Wildman–Crippen LogP) is 0.981. The van der Waals surface area contributed by atoms with Crippen LogP contribution in [0.25, 0.3) is 0 Å². The Balaban J connectivity index is 2.57. The summed E-state index contributed by atoms with van der Waals surface area (Å²) < 4.78 is 0. The van der Waals surface area contributed by atoms with Crippen molar-refractivity contribution >= 4 is 5.97 Å². The quantitative estimate of drug-likeness (QED) is 0.762. The molecule has 0 bridgehead atoms. The molecular formula is C12H24N2O2. The maximum absolute atomic E-state index is 11.4. The standard InChI is InChI=1S/C12H24N2O2/c1-10(2)12(11(15)16)5-6-14(9-12)8-7-13(3)4/h10H,5-9H2,1-4H3,(H,15,16). The number of carbonyl (C=O) groups is 1. The molecule has 0 aliphatic carbocycles. The molecule has 1 aliphatic rings. The van der Waals surface area contributed by atoms with Crippen LogP contribution in [0.2, 0.25) is 0 Å². The highest BCUT2D eigenvalue weighted by molar-refractivity contribution is 5.75. The van der Waals surface area contributed by atoms with Crippen LogP contribution < -0.4 is 0 Å². The number of carboxylic acids is 1. The van der Waals surface area contributed by atoms with Gasteiger partial charge in [-0.15, -0.1) is 0 Å². The number of likely N-dealkylation sites (tertiary alicyclic amines) is 1. The van der Waals surface area contributed by atoms with Gasteiger partial charge in [-0.25, -0.2) is 0 Å². The zero-order chi connectivity index (χ0) is 12.3. The van der Waals surface area contributed by atoms with E-state index < -0.39 is 11.4 Å². The Morgan fingerprint density at radius 3 is 2.50 bits per heavy atom. The smallest absolute Gasteiger partial charge is 0.311 e. The van der Waals surface area contributed by atoms with Gasteiger partial charge in [-0.05, 0) is 33.0 Å². The molecule has 1 aliphatic heterocycles. The molecule has 16 heavy (non-hydrogen) atoms. The topological polar surface area (TPSA) is 43.8 Å². The van der Waals surface area contributed by atoms with Crippen LogP contribution in [0.1, 0.15) is 20.3 Å². The molecule has 4 heteroatoms. The van der Waals surface area contributed by atoms with E-state index >= 15 is 0 Å². The van der Waals surface area contributed by atoms with E-state index in [0.29, 0.717) is 6.54 Å². The maximum atomic E-state index is 11.4. The molecule has 0 spiro atoms. The van der Waals surface area contributed by atoms with Crippen LogP contribution in [-0.2, 0) is 4.79 Å². The van der Waals surface area contributed by atoms with Gasteiger partial charge in [0, 0.05) is 19.6 Å². The largest absolute Gasteiger partial charge is 0.481 e. The van der Waals surface area contributed by atoms with Crippen molar-refractivity contribution in [3.05, 3.63) is 0 Å². The third-order valence-corrected chi connectivity index (χ3v) is 3.77. The van der Waals surface area contributed by atoms with Crippen LogP contribution in [0.4, 0.5) is 0 Å². The van der Waals surface area contributed by atoms with E-state index in [9.17, 15) is 9.90 Å². The van der Waals surface area contributed by atoms with Crippen molar-refractivity contribution < 1.29 is 9.90 Å². The van der Waals surface area contributed by atoms with Gasteiger partial charge in [-0.3, -0.25) is 4.79 Å². The summed E-state index contributed by atoms with van der Waals surface area (Å²) in [6.07, 6.45) is 0.785. The lowest BCUT2D eigenvalue weighted by atomic mass is 9.76. The minimum Gasteiger partial charge on any atom is -0.481 e. The van der Waals surface area contributed by atoms with Gasteiger partial charge < -0.3 is 14.9 Å². The van der Waals surface area contributed by atoms with Crippen LogP contribution in [-0.4, -0.2) is 61.2 Å². The number of rotatable bonds is 5. The van der Waals surface area contributed by atoms with Crippen molar-refractivity contribution in [1.82, 2.24) is 9.80 Å². The zero-order valence-electron chi connectivity index (χ0n) is 10.9. The van der Waals surface area contributed by atoms with Crippen molar-refractivity contribution in [2.75, 3.05) is 40.3 Å². The Labute approximate surface area is 98.2 Å². The SMILES string of the molecule is CC(C)C1(C(=O)O)CCN(CCN(C)C)C1. The van der Waals surface area contributed by atoms with E-state index in [1.165, 1.54) is 0 Å². The average molecular weight is 228 g/mol. The molecular weight excluding hydrogens is 204 g/mol. The molecule has 0 radical (unpaired) electrons. The van der Waals surface area contributed by atoms with Crippen molar-refractivity contribution in [2.24, 2.45) is 11.3 Å². The third-order valence-electron chi connectivity index (χ3n) is 3.77. The molecule has 94 valence electrons. The van der Waals surface area contributed by atoms with E-state index in [1.807, 2.05) is 27.9 Å². The summed E-state index contributed by atoms with van der Waals surface area (Å²) in [5.74, 6) is -0.427. The normalized spacial score (nSPS) is 26.9. The lowest BCUT2D eigenvalue weighted by Gasteiger charge is -2.29. The fourth-order valence-corrected chi connectivity index (χ4v) is 2.34. The Kier molecular flexibility index (Phi) is 4.33. The molecule has 4 nitrogen and oxygen atoms in total. The zero-order valence-corrected chi connectivity index (χ0v) is 10.9. The van der Waals surface area contributed by atoms with Gasteiger partial charge in [0.05, 0.1) is 5.41 Å². The molecule has 0 amide bonds. The Morgan fingerprint density at radius 2 is 2.12 bits per heavy atom. The van der Waals surface area contributed by atoms with Crippen LogP contribution in [0.3, 0.4) is 0 Å². The van der Waals surface area contributed by atoms with E-state index in [-0.39, 0.29) is 5.92 Å². The summed E-state index contributed by atoms with van der Waals surface area (Å²) in [6, 6.07) is 0. The summed E-state index contributed by atoms with van der Waals surface area (Å²) in [4.78, 5) is 15.8. The summed E-state index contributed by atoms with van der Waals surface area (Å²) in [6.45, 7) is 7.61. The fourth-order valence-electron chi connectivity index (χ4n) is 2.34. The summed E-state index contributed by atoms with van der Waals surface area (Å²) in [5.41, 5.74) is -0.522. The molecule has 0 saturated carbocycles. The number of carboxylic acid groups (broad SMARTS) is 1. The average Bonchev–Trinajstić information content (AvgIpc) is 2.59. The summed E-state index contributed by atoms with van der Waals surface area (Å²) in [5, 5.41) is 9.39. The molecule has 1 heterocycles. The van der Waals surface area contributed by atoms with Gasteiger partial charge in [0.2, 0.25) is 0 Å². The van der Waals surface area contributed by atoms with Crippen molar-refractivity contribution in [1.29, 1.82) is 0 Å². The summed E-state index contributed by atoms with van der Waals surface area (Å²) >= 11 is 0. The first-order valence-electron chi connectivity index (χ1n) is 5.99. The van der Waals surface area contributed by atoms with E-state index in [4.69, 9.17) is 0 Å². The molecule has 1 saturated heterocycles. The lowest BCUT2D eigenvalue weighted by Crippen LogP contribution is -2.40. The second kappa shape index (κ2) is 5.15. The molecule has 1 fully saturated rings. The first kappa shape index (κ1) is 13.5. The van der Waals surface area contributed by atoms with E-state index in [2.05, 4.69) is 9.80 Å². The molecule has 0 aromatic rings. The number of hydrogen-bond donors (Lipinski definition) is 1. The highest BCUT2D eigenvalue weighted by atomic mass is 16.4. The monoisotopic (exact) mass is 228 g/mol. The molecule has 1 rings (SSSR count). The van der Waals surface area contributed by atoms with Gasteiger partial charge in [0.25, 0.3) is 0 Å². The van der Waals surface area contributed by atoms with Gasteiger partial charge in [0.1, 0.15) is 0 Å². The Morgan fingerprint density at radius 1 is 1.50 bits per heavy atom. The van der Waals surface area contributed by atoms with Crippen LogP contribution in [0, 0.1) is 11.3 Å². The summed E-state index contributed by atoms with van der Waals surface area (Å²) in [7, 11) is 4.09. The minimum absolute atomic E-state index is 0.203. The second-order valence-electron chi connectivity index (χ2n) is 5.45. The van der Waals surface area contributed by atoms with Crippen molar-refractivity contribution in [3.8, 4) is 0 Å². The number of likely N-dealkylation sites (N-methyl/N-ethyl adjacent to an activating group) is 1. The first-order valence-corrected chi connectivity index (χ1v) is 5.99. The number of hydrogen-bond acceptors (Lipinski definition) is 3. The molecule has 1 unspecified atom stereocenters. The van der Waals surface area contributed by atoms with E-state index in [1.54, 1.807) is 0 Å². The first-order chi connectivity index (χ1) is 7.38. The second-order valence-corrected chi connectivity index (χ2v) is 5.45. The van der Waals surface area contributed by atoms with Gasteiger partial charge in [-0.1, -0.05) is 13.8 Å². The fraction of sp³-hybridized carbons (Fsp3) is 0.917. The number of nitrogens with zero attached hydrogens (tertiary/aromatic N) is 2. The third kappa shape index (κ3) is 2.74. The molecule has 0 aromatic heterocycles. The molecule has 1 N–H and O–H groups in total. The molecule has 1 atom stereocenters. The van der Waals surface area contributed by atoms with Crippen LogP contribution in [0.5, 0.6) is 0 Å². The predicted molar refractivity (Wildman–Crippen MR) is 64.5 cm³/mol. The Bertz CT molecular complexity index is 253. The van der Waals surface area contributed by atoms with Gasteiger partial charge in [0.15, 0.2) is 0 Å².